The molecule has 1 aliphatic rings. The van der Waals surface area contributed by atoms with E-state index in [2.05, 4.69) is 10.2 Å². The summed E-state index contributed by atoms with van der Waals surface area (Å²) in [5.41, 5.74) is 1.66. The number of aryl methyl sites for hydroxylation is 2. The van der Waals surface area contributed by atoms with Crippen LogP contribution in [0, 0.1) is 6.92 Å². The first-order chi connectivity index (χ1) is 11.4. The molecule has 0 radical (unpaired) electrons. The van der Waals surface area contributed by atoms with E-state index in [9.17, 15) is 8.42 Å². The summed E-state index contributed by atoms with van der Waals surface area (Å²) in [5.74, 6) is 0. The number of sulfonamides is 1. The standard InChI is InChI=1S/C16H25N5O2S/c1-4-20-13(2)16(11-18-20)24(22,23)21-9-7-5-6-8-15(21)14-10-17-19(3)12-14/h10-12,15H,4-9H2,1-3H3/t15-/m1/s1. The maximum Gasteiger partial charge on any atom is 0.247 e. The number of nitrogens with zero attached hydrogens (tertiary/aromatic N) is 5. The quantitative estimate of drug-likeness (QED) is 0.847. The molecule has 24 heavy (non-hydrogen) atoms. The van der Waals surface area contributed by atoms with Gasteiger partial charge in [0.1, 0.15) is 4.90 Å². The van der Waals surface area contributed by atoms with Crippen molar-refractivity contribution in [3.05, 3.63) is 29.8 Å². The zero-order chi connectivity index (χ0) is 17.3. The lowest BCUT2D eigenvalue weighted by Crippen LogP contribution is -2.35. The van der Waals surface area contributed by atoms with Crippen LogP contribution >= 0.6 is 0 Å². The lowest BCUT2D eigenvalue weighted by Gasteiger charge is -2.28. The average Bonchev–Trinajstić information content (AvgIpc) is 3.04. The summed E-state index contributed by atoms with van der Waals surface area (Å²) >= 11 is 0. The van der Waals surface area contributed by atoms with Crippen LogP contribution in [0.25, 0.3) is 0 Å². The van der Waals surface area contributed by atoms with E-state index in [1.807, 2.05) is 27.1 Å². The first-order valence-electron chi connectivity index (χ1n) is 8.48. The number of aromatic nitrogens is 4. The smallest absolute Gasteiger partial charge is 0.247 e. The Labute approximate surface area is 143 Å². The maximum absolute atomic E-state index is 13.3. The highest BCUT2D eigenvalue weighted by Crippen LogP contribution is 2.35. The molecule has 1 fully saturated rings. The van der Waals surface area contributed by atoms with Crippen LogP contribution in [-0.4, -0.2) is 38.8 Å². The number of rotatable bonds is 4. The lowest BCUT2D eigenvalue weighted by molar-refractivity contribution is 0.328. The Morgan fingerprint density at radius 2 is 2.00 bits per heavy atom. The summed E-state index contributed by atoms with van der Waals surface area (Å²) in [7, 11) is -1.72. The molecule has 0 bridgehead atoms. The van der Waals surface area contributed by atoms with Gasteiger partial charge in [-0.15, -0.1) is 0 Å². The van der Waals surface area contributed by atoms with Crippen LogP contribution < -0.4 is 0 Å². The second-order valence-electron chi connectivity index (χ2n) is 6.34. The van der Waals surface area contributed by atoms with E-state index in [1.54, 1.807) is 19.9 Å². The van der Waals surface area contributed by atoms with E-state index < -0.39 is 10.0 Å². The van der Waals surface area contributed by atoms with E-state index in [1.165, 1.54) is 6.20 Å². The van der Waals surface area contributed by atoms with Crippen molar-refractivity contribution in [2.75, 3.05) is 6.54 Å². The van der Waals surface area contributed by atoms with E-state index in [-0.39, 0.29) is 6.04 Å². The first-order valence-corrected chi connectivity index (χ1v) is 9.92. The van der Waals surface area contributed by atoms with Gasteiger partial charge in [-0.1, -0.05) is 12.8 Å². The zero-order valence-electron chi connectivity index (χ0n) is 14.5. The third kappa shape index (κ3) is 3.00. The fraction of sp³-hybridized carbons (Fsp3) is 0.625. The molecule has 132 valence electrons. The normalized spacial score (nSPS) is 20.2. The zero-order valence-corrected chi connectivity index (χ0v) is 15.3. The predicted molar refractivity (Wildman–Crippen MR) is 90.9 cm³/mol. The van der Waals surface area contributed by atoms with Crippen molar-refractivity contribution in [1.82, 2.24) is 23.9 Å². The van der Waals surface area contributed by atoms with Crippen molar-refractivity contribution in [2.45, 2.75) is 57.0 Å². The van der Waals surface area contributed by atoms with Crippen molar-refractivity contribution in [3.8, 4) is 0 Å². The van der Waals surface area contributed by atoms with Crippen molar-refractivity contribution in [1.29, 1.82) is 0 Å². The Morgan fingerprint density at radius 1 is 1.21 bits per heavy atom. The van der Waals surface area contributed by atoms with Gasteiger partial charge in [0.15, 0.2) is 0 Å². The van der Waals surface area contributed by atoms with Crippen LogP contribution in [0.2, 0.25) is 0 Å². The minimum absolute atomic E-state index is 0.157. The molecule has 2 aromatic heterocycles. The highest BCUT2D eigenvalue weighted by molar-refractivity contribution is 7.89. The number of hydrogen-bond acceptors (Lipinski definition) is 4. The molecular formula is C16H25N5O2S. The second-order valence-corrected chi connectivity index (χ2v) is 8.20. The second kappa shape index (κ2) is 6.68. The summed E-state index contributed by atoms with van der Waals surface area (Å²) in [4.78, 5) is 0.320. The Balaban J connectivity index is 2.03. The molecular weight excluding hydrogens is 326 g/mol. The summed E-state index contributed by atoms with van der Waals surface area (Å²) in [5, 5.41) is 8.44. The Morgan fingerprint density at radius 3 is 2.62 bits per heavy atom. The van der Waals surface area contributed by atoms with Crippen LogP contribution in [0.1, 0.15) is 49.9 Å². The molecule has 0 amide bonds. The molecule has 3 rings (SSSR count). The topological polar surface area (TPSA) is 73.0 Å². The van der Waals surface area contributed by atoms with Crippen molar-refractivity contribution >= 4 is 10.0 Å². The highest BCUT2D eigenvalue weighted by Gasteiger charge is 2.35. The molecule has 0 aromatic carbocycles. The molecule has 0 aliphatic carbocycles. The molecule has 0 saturated carbocycles. The Bertz CT molecular complexity index is 808. The van der Waals surface area contributed by atoms with Gasteiger partial charge in [0.25, 0.3) is 0 Å². The molecule has 0 unspecified atom stereocenters. The van der Waals surface area contributed by atoms with Gasteiger partial charge in [0.2, 0.25) is 10.0 Å². The largest absolute Gasteiger partial charge is 0.275 e. The molecule has 8 heteroatoms. The van der Waals surface area contributed by atoms with Crippen LogP contribution in [-0.2, 0) is 23.6 Å². The summed E-state index contributed by atoms with van der Waals surface area (Å²) in [6.07, 6.45) is 8.97. The van der Waals surface area contributed by atoms with Gasteiger partial charge in [-0.25, -0.2) is 8.42 Å². The summed E-state index contributed by atoms with van der Waals surface area (Å²) < 4.78 is 31.8. The highest BCUT2D eigenvalue weighted by atomic mass is 32.2. The van der Waals surface area contributed by atoms with Gasteiger partial charge in [-0.2, -0.15) is 14.5 Å². The fourth-order valence-electron chi connectivity index (χ4n) is 3.44. The molecule has 7 nitrogen and oxygen atoms in total. The van der Waals surface area contributed by atoms with Crippen molar-refractivity contribution in [2.24, 2.45) is 7.05 Å². The van der Waals surface area contributed by atoms with Crippen molar-refractivity contribution in [3.63, 3.8) is 0 Å². The molecule has 2 aromatic rings. The van der Waals surface area contributed by atoms with Gasteiger partial charge < -0.3 is 0 Å². The van der Waals surface area contributed by atoms with E-state index >= 15 is 0 Å². The summed E-state index contributed by atoms with van der Waals surface area (Å²) in [6.45, 7) is 4.98. The minimum atomic E-state index is -3.58. The molecule has 3 heterocycles. The minimum Gasteiger partial charge on any atom is -0.275 e. The SMILES string of the molecule is CCn1ncc(S(=O)(=O)N2CCCCC[C@@H]2c2cnn(C)c2)c1C. The summed E-state index contributed by atoms with van der Waals surface area (Å²) in [6, 6.07) is -0.157. The maximum atomic E-state index is 13.3. The number of hydrogen-bond donors (Lipinski definition) is 0. The Kier molecular flexibility index (Phi) is 4.78. The van der Waals surface area contributed by atoms with E-state index in [4.69, 9.17) is 0 Å². The molecule has 0 N–H and O–H groups in total. The van der Waals surface area contributed by atoms with Gasteiger partial charge >= 0.3 is 0 Å². The third-order valence-corrected chi connectivity index (χ3v) is 6.77. The van der Waals surface area contributed by atoms with E-state index in [0.29, 0.717) is 23.7 Å². The monoisotopic (exact) mass is 351 g/mol. The Hall–Kier alpha value is -1.67. The van der Waals surface area contributed by atoms with Gasteiger partial charge in [0, 0.05) is 31.9 Å². The first kappa shape index (κ1) is 17.2. The lowest BCUT2D eigenvalue weighted by atomic mass is 10.1. The molecule has 1 aliphatic heterocycles. The molecule has 0 spiro atoms. The van der Waals surface area contributed by atoms with Crippen LogP contribution in [0.3, 0.4) is 0 Å². The van der Waals surface area contributed by atoms with Crippen LogP contribution in [0.15, 0.2) is 23.5 Å². The molecule has 1 saturated heterocycles. The van der Waals surface area contributed by atoms with Crippen LogP contribution in [0.5, 0.6) is 0 Å². The van der Waals surface area contributed by atoms with Crippen LogP contribution in [0.4, 0.5) is 0 Å². The van der Waals surface area contributed by atoms with E-state index in [0.717, 1.165) is 31.2 Å². The predicted octanol–water partition coefficient (Wildman–Crippen LogP) is 2.25. The van der Waals surface area contributed by atoms with Gasteiger partial charge in [-0.05, 0) is 26.7 Å². The van der Waals surface area contributed by atoms with Gasteiger partial charge in [0.05, 0.1) is 24.1 Å². The fourth-order valence-corrected chi connectivity index (χ4v) is 5.29. The van der Waals surface area contributed by atoms with Crippen molar-refractivity contribution < 1.29 is 8.42 Å². The molecule has 1 atom stereocenters. The third-order valence-electron chi connectivity index (χ3n) is 4.76. The average molecular weight is 351 g/mol. The van der Waals surface area contributed by atoms with Gasteiger partial charge in [-0.3, -0.25) is 9.36 Å².